The summed E-state index contributed by atoms with van der Waals surface area (Å²) in [5.74, 6) is 1.87. The molecule has 0 unspecified atom stereocenters. The van der Waals surface area contributed by atoms with Gasteiger partial charge in [-0.05, 0) is 68.7 Å². The molecule has 0 bridgehead atoms. The van der Waals surface area contributed by atoms with Crippen molar-refractivity contribution in [3.63, 3.8) is 0 Å². The van der Waals surface area contributed by atoms with Gasteiger partial charge in [-0.1, -0.05) is 51.8 Å². The smallest absolute Gasteiger partial charge is 0.251 e. The van der Waals surface area contributed by atoms with Gasteiger partial charge in [0.15, 0.2) is 0 Å². The lowest BCUT2D eigenvalue weighted by atomic mass is 10.1. The fraction of sp³-hybridized carbons (Fsp3) is 0.286. The number of benzene rings is 3. The molecule has 0 aliphatic carbocycles. The number of amides is 1. The molecule has 4 aromatic rings. The van der Waals surface area contributed by atoms with Crippen LogP contribution in [-0.2, 0) is 13.0 Å². The Balaban J connectivity index is 1.33. The zero-order valence-electron chi connectivity index (χ0n) is 19.7. The van der Waals surface area contributed by atoms with Gasteiger partial charge in [-0.25, -0.2) is 4.98 Å². The summed E-state index contributed by atoms with van der Waals surface area (Å²) < 4.78 is 9.16. The number of carbonyl (C=O) groups excluding carboxylic acids is 1. The van der Waals surface area contributed by atoms with Gasteiger partial charge in [-0.2, -0.15) is 0 Å². The van der Waals surface area contributed by atoms with E-state index in [-0.39, 0.29) is 5.91 Å². The van der Waals surface area contributed by atoms with E-state index in [2.05, 4.69) is 63.9 Å². The molecule has 5 nitrogen and oxygen atoms in total. The molecule has 176 valence electrons. The Morgan fingerprint density at radius 1 is 1.03 bits per heavy atom. The highest BCUT2D eigenvalue weighted by Crippen LogP contribution is 2.20. The lowest BCUT2D eigenvalue weighted by Crippen LogP contribution is -2.26. The number of para-hydroxylation sites is 2. The van der Waals surface area contributed by atoms with Crippen molar-refractivity contribution in [2.24, 2.45) is 0 Å². The van der Waals surface area contributed by atoms with Gasteiger partial charge in [0.2, 0.25) is 0 Å². The second-order valence-corrected chi connectivity index (χ2v) is 9.42. The van der Waals surface area contributed by atoms with Gasteiger partial charge in [0, 0.05) is 29.5 Å². The van der Waals surface area contributed by atoms with Gasteiger partial charge in [0.1, 0.15) is 11.6 Å². The number of nitrogens with zero attached hydrogens (tertiary/aromatic N) is 2. The lowest BCUT2D eigenvalue weighted by molar-refractivity contribution is 0.0954. The summed E-state index contributed by atoms with van der Waals surface area (Å²) in [6.45, 7) is 6.27. The average molecular weight is 520 g/mol. The number of aromatic nitrogens is 2. The minimum Gasteiger partial charge on any atom is -0.493 e. The number of rotatable bonds is 10. The Kier molecular flexibility index (Phi) is 8.01. The van der Waals surface area contributed by atoms with E-state index < -0.39 is 0 Å². The van der Waals surface area contributed by atoms with Gasteiger partial charge in [0.25, 0.3) is 5.91 Å². The summed E-state index contributed by atoms with van der Waals surface area (Å²) >= 11 is 3.42. The Morgan fingerprint density at radius 2 is 1.88 bits per heavy atom. The SMILES string of the molecule is Cc1ccc(OCCCCn2c(CCNC(=O)c3cccc(Br)c3)nc3ccccc32)c(C)c1. The maximum atomic E-state index is 12.5. The van der Waals surface area contributed by atoms with Crippen molar-refractivity contribution in [2.75, 3.05) is 13.2 Å². The Hall–Kier alpha value is -3.12. The van der Waals surface area contributed by atoms with Crippen LogP contribution in [0, 0.1) is 13.8 Å². The van der Waals surface area contributed by atoms with E-state index in [1.54, 1.807) is 0 Å². The quantitative estimate of drug-likeness (QED) is 0.252. The van der Waals surface area contributed by atoms with Crippen molar-refractivity contribution in [2.45, 2.75) is 39.7 Å². The Labute approximate surface area is 209 Å². The Morgan fingerprint density at radius 3 is 2.71 bits per heavy atom. The predicted molar refractivity (Wildman–Crippen MR) is 141 cm³/mol. The minimum atomic E-state index is -0.0764. The van der Waals surface area contributed by atoms with E-state index in [1.807, 2.05) is 42.5 Å². The first kappa shape index (κ1) is 24.0. The standard InChI is InChI=1S/C28H30BrN3O2/c1-20-12-13-26(21(2)18-20)34-17-6-5-16-32-25-11-4-3-10-24(25)31-27(32)14-15-30-28(33)22-8-7-9-23(29)19-22/h3-4,7-13,18-19H,5-6,14-17H2,1-2H3,(H,30,33). The third kappa shape index (κ3) is 6.06. The molecular weight excluding hydrogens is 490 g/mol. The van der Waals surface area contributed by atoms with Gasteiger partial charge < -0.3 is 14.6 Å². The summed E-state index contributed by atoms with van der Waals surface area (Å²) in [6.07, 6.45) is 2.62. The van der Waals surface area contributed by atoms with Crippen LogP contribution in [0.1, 0.15) is 40.2 Å². The van der Waals surface area contributed by atoms with E-state index in [1.165, 1.54) is 11.1 Å². The molecule has 4 rings (SSSR count). The number of ether oxygens (including phenoxy) is 1. The van der Waals surface area contributed by atoms with Crippen LogP contribution in [0.2, 0.25) is 0 Å². The first-order valence-corrected chi connectivity index (χ1v) is 12.5. The third-order valence-electron chi connectivity index (χ3n) is 5.82. The van der Waals surface area contributed by atoms with E-state index in [4.69, 9.17) is 9.72 Å². The number of fused-ring (bicyclic) bond motifs is 1. The number of imidazole rings is 1. The summed E-state index contributed by atoms with van der Waals surface area (Å²) in [6, 6.07) is 21.9. The van der Waals surface area contributed by atoms with Crippen LogP contribution in [0.15, 0.2) is 71.2 Å². The molecule has 0 aliphatic rings. The molecule has 1 heterocycles. The van der Waals surface area contributed by atoms with Crippen LogP contribution >= 0.6 is 15.9 Å². The van der Waals surface area contributed by atoms with Crippen molar-refractivity contribution in [1.29, 1.82) is 0 Å². The molecule has 1 N–H and O–H groups in total. The maximum absolute atomic E-state index is 12.5. The highest BCUT2D eigenvalue weighted by molar-refractivity contribution is 9.10. The van der Waals surface area contributed by atoms with Crippen LogP contribution in [0.4, 0.5) is 0 Å². The maximum Gasteiger partial charge on any atom is 0.251 e. The topological polar surface area (TPSA) is 56.1 Å². The van der Waals surface area contributed by atoms with E-state index in [9.17, 15) is 4.79 Å². The van der Waals surface area contributed by atoms with Crippen molar-refractivity contribution in [1.82, 2.24) is 14.9 Å². The molecular formula is C28H30BrN3O2. The number of unbranched alkanes of at least 4 members (excludes halogenated alkanes) is 1. The number of nitrogens with one attached hydrogen (secondary N) is 1. The predicted octanol–water partition coefficient (Wildman–Crippen LogP) is 6.25. The van der Waals surface area contributed by atoms with Crippen molar-refractivity contribution < 1.29 is 9.53 Å². The van der Waals surface area contributed by atoms with Gasteiger partial charge in [-0.15, -0.1) is 0 Å². The normalized spacial score (nSPS) is 11.0. The molecule has 0 atom stereocenters. The summed E-state index contributed by atoms with van der Waals surface area (Å²) in [5, 5.41) is 3.02. The Bertz CT molecular complexity index is 1280. The van der Waals surface area contributed by atoms with E-state index >= 15 is 0 Å². The van der Waals surface area contributed by atoms with Crippen LogP contribution in [0.3, 0.4) is 0 Å². The van der Waals surface area contributed by atoms with Crippen LogP contribution in [-0.4, -0.2) is 28.6 Å². The third-order valence-corrected chi connectivity index (χ3v) is 6.31. The molecule has 0 aliphatic heterocycles. The number of hydrogen-bond donors (Lipinski definition) is 1. The average Bonchev–Trinajstić information content (AvgIpc) is 3.17. The largest absolute Gasteiger partial charge is 0.493 e. The molecule has 0 spiro atoms. The molecule has 6 heteroatoms. The second-order valence-electron chi connectivity index (χ2n) is 8.51. The summed E-state index contributed by atoms with van der Waals surface area (Å²) in [5.41, 5.74) is 5.19. The number of hydrogen-bond acceptors (Lipinski definition) is 3. The van der Waals surface area contributed by atoms with E-state index in [0.717, 1.165) is 46.5 Å². The monoisotopic (exact) mass is 519 g/mol. The number of halogens is 1. The molecule has 3 aromatic carbocycles. The molecule has 34 heavy (non-hydrogen) atoms. The molecule has 1 amide bonds. The molecule has 0 radical (unpaired) electrons. The van der Waals surface area contributed by atoms with Crippen molar-refractivity contribution in [3.8, 4) is 5.75 Å². The fourth-order valence-electron chi connectivity index (χ4n) is 4.10. The van der Waals surface area contributed by atoms with Gasteiger partial charge in [-0.3, -0.25) is 4.79 Å². The lowest BCUT2D eigenvalue weighted by Gasteiger charge is -2.12. The number of carbonyl (C=O) groups is 1. The second kappa shape index (κ2) is 11.3. The van der Waals surface area contributed by atoms with Crippen LogP contribution in [0.5, 0.6) is 5.75 Å². The fourth-order valence-corrected chi connectivity index (χ4v) is 4.50. The molecule has 0 saturated carbocycles. The van der Waals surface area contributed by atoms with Crippen molar-refractivity contribution >= 4 is 32.9 Å². The molecule has 0 fully saturated rings. The first-order chi connectivity index (χ1) is 16.5. The highest BCUT2D eigenvalue weighted by Gasteiger charge is 2.12. The van der Waals surface area contributed by atoms with Gasteiger partial charge >= 0.3 is 0 Å². The first-order valence-electron chi connectivity index (χ1n) is 11.7. The van der Waals surface area contributed by atoms with E-state index in [0.29, 0.717) is 25.1 Å². The van der Waals surface area contributed by atoms with Crippen LogP contribution in [0.25, 0.3) is 11.0 Å². The minimum absolute atomic E-state index is 0.0764. The van der Waals surface area contributed by atoms with Gasteiger partial charge in [0.05, 0.1) is 17.6 Å². The zero-order chi connectivity index (χ0) is 23.9. The molecule has 1 aromatic heterocycles. The van der Waals surface area contributed by atoms with Crippen molar-refractivity contribution in [3.05, 3.63) is 93.7 Å². The molecule has 0 saturated heterocycles. The zero-order valence-corrected chi connectivity index (χ0v) is 21.3. The highest BCUT2D eigenvalue weighted by atomic mass is 79.9. The summed E-state index contributed by atoms with van der Waals surface area (Å²) in [7, 11) is 0. The number of aryl methyl sites for hydroxylation is 3. The van der Waals surface area contributed by atoms with Crippen LogP contribution < -0.4 is 10.1 Å². The summed E-state index contributed by atoms with van der Waals surface area (Å²) in [4.78, 5) is 17.3.